The molecule has 1 fully saturated rings. The molecule has 1 aromatic heterocycles. The molecule has 1 aromatic carbocycles. The summed E-state index contributed by atoms with van der Waals surface area (Å²) in [5.41, 5.74) is 2.58. The molecule has 0 unspecified atom stereocenters. The molecule has 0 radical (unpaired) electrons. The van der Waals surface area contributed by atoms with Crippen LogP contribution >= 0.6 is 0 Å². The number of piperidine rings is 1. The first-order chi connectivity index (χ1) is 12.8. The van der Waals surface area contributed by atoms with Gasteiger partial charge in [0.15, 0.2) is 0 Å². The van der Waals surface area contributed by atoms with Crippen LogP contribution in [0.15, 0.2) is 54.9 Å². The largest absolute Gasteiger partial charge is 0.338 e. The summed E-state index contributed by atoms with van der Waals surface area (Å²) in [6.07, 6.45) is 7.65. The van der Waals surface area contributed by atoms with E-state index in [0.717, 1.165) is 45.3 Å². The van der Waals surface area contributed by atoms with E-state index in [0.29, 0.717) is 6.54 Å². The first-order valence-corrected chi connectivity index (χ1v) is 9.49. The fourth-order valence-electron chi connectivity index (χ4n) is 3.34. The van der Waals surface area contributed by atoms with E-state index in [9.17, 15) is 4.79 Å². The Balaban J connectivity index is 1.29. The summed E-state index contributed by atoms with van der Waals surface area (Å²) in [6, 6.07) is 14.6. The molecule has 138 valence electrons. The fraction of sp³-hybridized carbons (Fsp3) is 0.429. The maximum atomic E-state index is 12.1. The number of rotatable bonds is 7. The van der Waals surface area contributed by atoms with Crippen LogP contribution in [0.3, 0.4) is 0 Å². The predicted octanol–water partition coefficient (Wildman–Crippen LogP) is 2.63. The molecule has 1 aliphatic rings. The topological polar surface area (TPSA) is 57.3 Å². The molecule has 1 saturated heterocycles. The molecular formula is C21H28N4O. The quantitative estimate of drug-likeness (QED) is 0.805. The smallest absolute Gasteiger partial charge is 0.315 e. The van der Waals surface area contributed by atoms with Crippen molar-refractivity contribution in [2.75, 3.05) is 26.2 Å². The summed E-state index contributed by atoms with van der Waals surface area (Å²) in [5, 5.41) is 6.08. The zero-order valence-electron chi connectivity index (χ0n) is 15.2. The van der Waals surface area contributed by atoms with Crippen LogP contribution in [0.5, 0.6) is 0 Å². The number of carbonyl (C=O) groups excluding carboxylic acids is 1. The second-order valence-corrected chi connectivity index (χ2v) is 6.86. The highest BCUT2D eigenvalue weighted by Gasteiger charge is 2.20. The Hall–Kier alpha value is -2.40. The summed E-state index contributed by atoms with van der Waals surface area (Å²) in [5.74, 6) is 0. The number of nitrogens with one attached hydrogen (secondary N) is 2. The number of nitrogens with zero attached hydrogens (tertiary/aromatic N) is 2. The van der Waals surface area contributed by atoms with Crippen molar-refractivity contribution in [3.8, 4) is 0 Å². The standard InChI is InChI=1S/C21H28N4O/c26-21(23-14-8-18-4-2-1-3-5-18)24-20-10-16-25(17-11-20)15-9-19-6-12-22-13-7-19/h1-7,12-13,20H,8-11,14-17H2,(H2,23,24,26). The van der Waals surface area contributed by atoms with Gasteiger partial charge in [-0.05, 0) is 48.9 Å². The van der Waals surface area contributed by atoms with Gasteiger partial charge in [0.2, 0.25) is 0 Å². The molecule has 0 saturated carbocycles. The van der Waals surface area contributed by atoms with Crippen molar-refractivity contribution < 1.29 is 4.79 Å². The van der Waals surface area contributed by atoms with Crippen LogP contribution in [0.2, 0.25) is 0 Å². The lowest BCUT2D eigenvalue weighted by Gasteiger charge is -2.32. The molecule has 0 aliphatic carbocycles. The van der Waals surface area contributed by atoms with Gasteiger partial charge in [0.1, 0.15) is 0 Å². The van der Waals surface area contributed by atoms with Crippen molar-refractivity contribution in [3.63, 3.8) is 0 Å². The molecule has 2 aromatic rings. The lowest BCUT2D eigenvalue weighted by atomic mass is 10.0. The van der Waals surface area contributed by atoms with E-state index in [2.05, 4.69) is 44.8 Å². The minimum absolute atomic E-state index is 0.0452. The normalized spacial score (nSPS) is 15.5. The lowest BCUT2D eigenvalue weighted by molar-refractivity contribution is 0.194. The second kappa shape index (κ2) is 9.92. The van der Waals surface area contributed by atoms with Gasteiger partial charge in [-0.3, -0.25) is 4.98 Å². The Bertz CT molecular complexity index is 654. The van der Waals surface area contributed by atoms with Crippen LogP contribution in [-0.4, -0.2) is 48.1 Å². The zero-order valence-corrected chi connectivity index (χ0v) is 15.2. The maximum absolute atomic E-state index is 12.1. The molecule has 26 heavy (non-hydrogen) atoms. The van der Waals surface area contributed by atoms with Crippen molar-refractivity contribution in [1.29, 1.82) is 0 Å². The highest BCUT2D eigenvalue weighted by molar-refractivity contribution is 5.74. The Morgan fingerprint density at radius 3 is 2.42 bits per heavy atom. The molecule has 2 N–H and O–H groups in total. The number of carbonyl (C=O) groups is 1. The molecule has 5 heteroatoms. The van der Waals surface area contributed by atoms with Crippen LogP contribution in [0.1, 0.15) is 24.0 Å². The van der Waals surface area contributed by atoms with E-state index in [4.69, 9.17) is 0 Å². The average molecular weight is 352 g/mol. The second-order valence-electron chi connectivity index (χ2n) is 6.86. The SMILES string of the molecule is O=C(NCCc1ccccc1)NC1CCN(CCc2ccncc2)CC1. The summed E-state index contributed by atoms with van der Waals surface area (Å²) < 4.78 is 0. The molecule has 0 atom stereocenters. The number of likely N-dealkylation sites (tertiary alicyclic amines) is 1. The Kier molecular flexibility index (Phi) is 7.02. The highest BCUT2D eigenvalue weighted by atomic mass is 16.2. The van der Waals surface area contributed by atoms with Crippen molar-refractivity contribution in [2.24, 2.45) is 0 Å². The Labute approximate surface area is 155 Å². The van der Waals surface area contributed by atoms with Gasteiger partial charge in [0, 0.05) is 44.6 Å². The minimum atomic E-state index is -0.0452. The summed E-state index contributed by atoms with van der Waals surface area (Å²) in [4.78, 5) is 18.6. The number of urea groups is 1. The van der Waals surface area contributed by atoms with Gasteiger partial charge in [-0.2, -0.15) is 0 Å². The third-order valence-electron chi connectivity index (χ3n) is 4.93. The van der Waals surface area contributed by atoms with E-state index in [-0.39, 0.29) is 12.1 Å². The number of aromatic nitrogens is 1. The van der Waals surface area contributed by atoms with E-state index in [1.54, 1.807) is 0 Å². The maximum Gasteiger partial charge on any atom is 0.315 e. The molecule has 2 amide bonds. The zero-order chi connectivity index (χ0) is 18.0. The molecule has 5 nitrogen and oxygen atoms in total. The summed E-state index contributed by atoms with van der Waals surface area (Å²) >= 11 is 0. The third-order valence-corrected chi connectivity index (χ3v) is 4.93. The average Bonchev–Trinajstić information content (AvgIpc) is 2.69. The molecule has 0 bridgehead atoms. The van der Waals surface area contributed by atoms with Crippen LogP contribution < -0.4 is 10.6 Å². The summed E-state index contributed by atoms with van der Waals surface area (Å²) in [6.45, 7) is 3.82. The predicted molar refractivity (Wildman–Crippen MR) is 104 cm³/mol. The van der Waals surface area contributed by atoms with Crippen LogP contribution in [0.25, 0.3) is 0 Å². The molecule has 2 heterocycles. The van der Waals surface area contributed by atoms with Crippen LogP contribution in [0.4, 0.5) is 4.79 Å². The van der Waals surface area contributed by atoms with Crippen molar-refractivity contribution in [2.45, 2.75) is 31.7 Å². The highest BCUT2D eigenvalue weighted by Crippen LogP contribution is 2.11. The minimum Gasteiger partial charge on any atom is -0.338 e. The van der Waals surface area contributed by atoms with Gasteiger partial charge in [-0.15, -0.1) is 0 Å². The van der Waals surface area contributed by atoms with E-state index in [1.807, 2.05) is 30.6 Å². The molecule has 1 aliphatic heterocycles. The van der Waals surface area contributed by atoms with Gasteiger partial charge < -0.3 is 15.5 Å². The van der Waals surface area contributed by atoms with Gasteiger partial charge >= 0.3 is 6.03 Å². The van der Waals surface area contributed by atoms with Gasteiger partial charge in [0.25, 0.3) is 0 Å². The number of pyridine rings is 1. The number of amides is 2. The Morgan fingerprint density at radius 2 is 1.69 bits per heavy atom. The number of hydrogen-bond acceptors (Lipinski definition) is 3. The van der Waals surface area contributed by atoms with Gasteiger partial charge in [-0.25, -0.2) is 4.79 Å². The monoisotopic (exact) mass is 352 g/mol. The van der Waals surface area contributed by atoms with Crippen molar-refractivity contribution in [1.82, 2.24) is 20.5 Å². The molecule has 0 spiro atoms. The third kappa shape index (κ3) is 6.15. The van der Waals surface area contributed by atoms with Crippen LogP contribution in [-0.2, 0) is 12.8 Å². The van der Waals surface area contributed by atoms with E-state index < -0.39 is 0 Å². The fourth-order valence-corrected chi connectivity index (χ4v) is 3.34. The van der Waals surface area contributed by atoms with Gasteiger partial charge in [-0.1, -0.05) is 30.3 Å². The molecule has 3 rings (SSSR count). The van der Waals surface area contributed by atoms with Crippen molar-refractivity contribution >= 4 is 6.03 Å². The van der Waals surface area contributed by atoms with Gasteiger partial charge in [0.05, 0.1) is 0 Å². The van der Waals surface area contributed by atoms with E-state index >= 15 is 0 Å². The number of benzene rings is 1. The van der Waals surface area contributed by atoms with Crippen molar-refractivity contribution in [3.05, 3.63) is 66.0 Å². The molecular weight excluding hydrogens is 324 g/mol. The van der Waals surface area contributed by atoms with Crippen LogP contribution in [0, 0.1) is 0 Å². The first-order valence-electron chi connectivity index (χ1n) is 9.49. The Morgan fingerprint density at radius 1 is 1.00 bits per heavy atom. The lowest BCUT2D eigenvalue weighted by Crippen LogP contribution is -2.48. The van der Waals surface area contributed by atoms with E-state index in [1.165, 1.54) is 11.1 Å². The first kappa shape index (κ1) is 18.4. The number of hydrogen-bond donors (Lipinski definition) is 2. The summed E-state index contributed by atoms with van der Waals surface area (Å²) in [7, 11) is 0.